The van der Waals surface area contributed by atoms with Gasteiger partial charge in [0, 0.05) is 38.6 Å². The number of rotatable bonds is 6. The fraction of sp³-hybridized carbons (Fsp3) is 0.435. The summed E-state index contributed by atoms with van der Waals surface area (Å²) in [5.74, 6) is 1.59. The molecule has 7 nitrogen and oxygen atoms in total. The van der Waals surface area contributed by atoms with E-state index in [1.165, 1.54) is 43.4 Å². The van der Waals surface area contributed by atoms with Crippen molar-refractivity contribution in [3.05, 3.63) is 60.0 Å². The molecule has 0 unspecified atom stereocenters. The number of aromatic nitrogens is 3. The van der Waals surface area contributed by atoms with E-state index in [1.54, 1.807) is 7.05 Å². The van der Waals surface area contributed by atoms with Gasteiger partial charge < -0.3 is 15.5 Å². The van der Waals surface area contributed by atoms with Crippen LogP contribution in [-0.2, 0) is 13.1 Å². The van der Waals surface area contributed by atoms with Crippen LogP contribution in [0.4, 0.5) is 5.69 Å². The van der Waals surface area contributed by atoms with Crippen LogP contribution in [0.15, 0.2) is 53.7 Å². The predicted molar refractivity (Wildman–Crippen MR) is 137 cm³/mol. The molecule has 4 rings (SSSR count). The maximum Gasteiger partial charge on any atom is 0.191 e. The van der Waals surface area contributed by atoms with E-state index >= 15 is 0 Å². The monoisotopic (exact) mass is 533 g/mol. The van der Waals surface area contributed by atoms with Gasteiger partial charge in [-0.25, -0.2) is 0 Å². The van der Waals surface area contributed by atoms with Gasteiger partial charge in [0.2, 0.25) is 0 Å². The van der Waals surface area contributed by atoms with Crippen molar-refractivity contribution in [1.82, 2.24) is 25.2 Å². The summed E-state index contributed by atoms with van der Waals surface area (Å²) < 4.78 is 1.97. The van der Waals surface area contributed by atoms with E-state index in [-0.39, 0.29) is 24.0 Å². The van der Waals surface area contributed by atoms with Crippen LogP contribution in [0.2, 0.25) is 0 Å². The van der Waals surface area contributed by atoms with Crippen LogP contribution < -0.4 is 15.5 Å². The van der Waals surface area contributed by atoms with E-state index in [9.17, 15) is 0 Å². The molecule has 1 saturated carbocycles. The minimum atomic E-state index is 0. The van der Waals surface area contributed by atoms with Crippen molar-refractivity contribution in [2.45, 2.75) is 51.2 Å². The Morgan fingerprint density at radius 2 is 1.77 bits per heavy atom. The third kappa shape index (κ3) is 5.87. The van der Waals surface area contributed by atoms with Gasteiger partial charge in [0.25, 0.3) is 0 Å². The highest BCUT2D eigenvalue weighted by Gasteiger charge is 2.18. The van der Waals surface area contributed by atoms with Crippen molar-refractivity contribution in [2.24, 2.45) is 4.99 Å². The smallest absolute Gasteiger partial charge is 0.191 e. The molecular formula is C23H32IN7. The van der Waals surface area contributed by atoms with Crippen LogP contribution in [-0.4, -0.2) is 40.7 Å². The Bertz CT molecular complexity index is 977. The van der Waals surface area contributed by atoms with Gasteiger partial charge in [-0.2, -0.15) is 0 Å². The molecule has 0 bridgehead atoms. The van der Waals surface area contributed by atoms with Gasteiger partial charge in [0.05, 0.1) is 6.54 Å². The van der Waals surface area contributed by atoms with E-state index in [4.69, 9.17) is 0 Å². The SMILES string of the molecule is CN=C(NCc1ccc(N(C)C2CCCCC2)cc1)NCc1nnc2ccccn12.I. The molecule has 1 aliphatic rings. The first-order valence-corrected chi connectivity index (χ1v) is 10.8. The third-order valence-electron chi connectivity index (χ3n) is 5.95. The minimum Gasteiger partial charge on any atom is -0.372 e. The number of aliphatic imine (C=N–C) groups is 1. The molecule has 0 atom stereocenters. The summed E-state index contributed by atoms with van der Waals surface area (Å²) in [6, 6.07) is 15.4. The topological polar surface area (TPSA) is 69.8 Å². The number of hydrogen-bond donors (Lipinski definition) is 2. The van der Waals surface area contributed by atoms with E-state index in [0.717, 1.165) is 17.4 Å². The normalized spacial score (nSPS) is 14.8. The number of hydrogen-bond acceptors (Lipinski definition) is 4. The molecule has 8 heteroatoms. The summed E-state index contributed by atoms with van der Waals surface area (Å²) >= 11 is 0. The zero-order valence-electron chi connectivity index (χ0n) is 18.3. The van der Waals surface area contributed by atoms with Crippen molar-refractivity contribution in [3.8, 4) is 0 Å². The summed E-state index contributed by atoms with van der Waals surface area (Å²) in [7, 11) is 4.00. The van der Waals surface area contributed by atoms with Crippen LogP contribution in [0.1, 0.15) is 43.5 Å². The Hall–Kier alpha value is -2.36. The van der Waals surface area contributed by atoms with Crippen molar-refractivity contribution >= 4 is 41.3 Å². The summed E-state index contributed by atoms with van der Waals surface area (Å²) in [5.41, 5.74) is 3.37. The predicted octanol–water partition coefficient (Wildman–Crippen LogP) is 3.98. The second-order valence-electron chi connectivity index (χ2n) is 7.89. The first-order valence-electron chi connectivity index (χ1n) is 10.8. The summed E-state index contributed by atoms with van der Waals surface area (Å²) in [4.78, 5) is 6.76. The lowest BCUT2D eigenvalue weighted by molar-refractivity contribution is 0.427. The molecule has 3 aromatic rings. The highest BCUT2D eigenvalue weighted by atomic mass is 127. The van der Waals surface area contributed by atoms with Gasteiger partial charge in [-0.1, -0.05) is 37.5 Å². The van der Waals surface area contributed by atoms with Crippen LogP contribution >= 0.6 is 24.0 Å². The Labute approximate surface area is 201 Å². The molecule has 0 spiro atoms. The molecule has 2 heterocycles. The molecule has 1 fully saturated rings. The molecule has 0 aliphatic heterocycles. The lowest BCUT2D eigenvalue weighted by Gasteiger charge is -2.33. The zero-order valence-corrected chi connectivity index (χ0v) is 20.6. The fourth-order valence-corrected chi connectivity index (χ4v) is 4.11. The standard InChI is InChI=1S/C23H31N7.HI/c1-24-23(26-17-22-28-27-21-10-6-7-15-30(21)22)25-16-18-11-13-20(14-12-18)29(2)19-8-4-3-5-9-19;/h6-7,10-15,19H,3-5,8-9,16-17H2,1-2H3,(H2,24,25,26);1H. The van der Waals surface area contributed by atoms with Crippen molar-refractivity contribution in [1.29, 1.82) is 0 Å². The van der Waals surface area contributed by atoms with Crippen molar-refractivity contribution in [3.63, 3.8) is 0 Å². The summed E-state index contributed by atoms with van der Waals surface area (Å²) in [6.45, 7) is 1.27. The number of nitrogens with one attached hydrogen (secondary N) is 2. The van der Waals surface area contributed by atoms with Gasteiger partial charge in [0.1, 0.15) is 0 Å². The molecule has 0 amide bonds. The first-order chi connectivity index (χ1) is 14.7. The molecule has 2 aromatic heterocycles. The average molecular weight is 533 g/mol. The Morgan fingerprint density at radius 1 is 1.03 bits per heavy atom. The quantitative estimate of drug-likeness (QED) is 0.285. The molecular weight excluding hydrogens is 501 g/mol. The second-order valence-corrected chi connectivity index (χ2v) is 7.89. The number of halogens is 1. The van der Waals surface area contributed by atoms with Crippen molar-refractivity contribution < 1.29 is 0 Å². The van der Waals surface area contributed by atoms with E-state index in [0.29, 0.717) is 19.1 Å². The lowest BCUT2D eigenvalue weighted by atomic mass is 9.94. The summed E-state index contributed by atoms with van der Waals surface area (Å²) in [5, 5.41) is 15.1. The average Bonchev–Trinajstić information content (AvgIpc) is 3.23. The second kappa shape index (κ2) is 11.3. The molecule has 1 aromatic carbocycles. The van der Waals surface area contributed by atoms with E-state index < -0.39 is 0 Å². The third-order valence-corrected chi connectivity index (χ3v) is 5.95. The van der Waals surface area contributed by atoms with Crippen LogP contribution in [0.25, 0.3) is 5.65 Å². The van der Waals surface area contributed by atoms with Crippen LogP contribution in [0.5, 0.6) is 0 Å². The lowest BCUT2D eigenvalue weighted by Crippen LogP contribution is -2.36. The number of guanidine groups is 1. The molecule has 166 valence electrons. The molecule has 0 saturated heterocycles. The molecule has 2 N–H and O–H groups in total. The number of anilines is 1. The van der Waals surface area contributed by atoms with Gasteiger partial charge in [-0.3, -0.25) is 9.39 Å². The summed E-state index contributed by atoms with van der Waals surface area (Å²) in [6.07, 6.45) is 8.68. The first kappa shape index (κ1) is 23.3. The number of benzene rings is 1. The molecule has 1 aliphatic carbocycles. The molecule has 31 heavy (non-hydrogen) atoms. The fourth-order valence-electron chi connectivity index (χ4n) is 4.11. The van der Waals surface area contributed by atoms with Crippen LogP contribution in [0, 0.1) is 0 Å². The zero-order chi connectivity index (χ0) is 20.8. The minimum absolute atomic E-state index is 0. The van der Waals surface area contributed by atoms with E-state index in [2.05, 4.69) is 62.0 Å². The number of fused-ring (bicyclic) bond motifs is 1. The Kier molecular flexibility index (Phi) is 8.51. The number of nitrogens with zero attached hydrogens (tertiary/aromatic N) is 5. The maximum absolute atomic E-state index is 4.32. The van der Waals surface area contributed by atoms with E-state index in [1.807, 2.05) is 28.8 Å². The highest BCUT2D eigenvalue weighted by molar-refractivity contribution is 14.0. The van der Waals surface area contributed by atoms with Gasteiger partial charge in [0.15, 0.2) is 17.4 Å². The molecule has 0 radical (unpaired) electrons. The Balaban J connectivity index is 0.00000272. The van der Waals surface area contributed by atoms with Gasteiger partial charge >= 0.3 is 0 Å². The Morgan fingerprint density at radius 3 is 2.52 bits per heavy atom. The van der Waals surface area contributed by atoms with Gasteiger partial charge in [-0.05, 0) is 42.7 Å². The van der Waals surface area contributed by atoms with Crippen LogP contribution in [0.3, 0.4) is 0 Å². The van der Waals surface area contributed by atoms with Gasteiger partial charge in [-0.15, -0.1) is 34.2 Å². The highest BCUT2D eigenvalue weighted by Crippen LogP contribution is 2.26. The maximum atomic E-state index is 4.32. The number of pyridine rings is 1. The largest absolute Gasteiger partial charge is 0.372 e. The van der Waals surface area contributed by atoms with Crippen molar-refractivity contribution in [2.75, 3.05) is 19.0 Å².